The Balaban J connectivity index is 2.89. The number of halogens is 2. The Kier molecular flexibility index (Phi) is 3.68. The van der Waals surface area contributed by atoms with Crippen LogP contribution in [0.2, 0.25) is 0 Å². The molecule has 0 radical (unpaired) electrons. The van der Waals surface area contributed by atoms with E-state index < -0.39 is 17.3 Å². The van der Waals surface area contributed by atoms with Crippen LogP contribution in [0.3, 0.4) is 0 Å². The quantitative estimate of drug-likeness (QED) is 0.528. The second-order valence-electron chi connectivity index (χ2n) is 4.32. The van der Waals surface area contributed by atoms with Gasteiger partial charge in [-0.25, -0.2) is 8.78 Å². The third kappa shape index (κ3) is 2.29. The third-order valence-electron chi connectivity index (χ3n) is 3.20. The van der Waals surface area contributed by atoms with Crippen molar-refractivity contribution in [3.63, 3.8) is 0 Å². The van der Waals surface area contributed by atoms with Crippen molar-refractivity contribution in [1.82, 2.24) is 0 Å². The molecule has 0 aromatic heterocycles. The molecule has 0 aromatic carbocycles. The average Bonchev–Trinajstić information content (AvgIpc) is 2.28. The van der Waals surface area contributed by atoms with E-state index in [1.54, 1.807) is 6.92 Å². The SMILES string of the molecule is CCOC(=O)C1(C)CCCCCC1(F)F. The lowest BCUT2D eigenvalue weighted by Crippen LogP contribution is -2.45. The highest BCUT2D eigenvalue weighted by atomic mass is 19.3. The van der Waals surface area contributed by atoms with E-state index in [2.05, 4.69) is 0 Å². The van der Waals surface area contributed by atoms with Crippen LogP contribution in [0.5, 0.6) is 0 Å². The molecule has 0 N–H and O–H groups in total. The first-order chi connectivity index (χ1) is 6.94. The molecule has 1 fully saturated rings. The van der Waals surface area contributed by atoms with E-state index in [1.165, 1.54) is 6.92 Å². The number of rotatable bonds is 2. The predicted molar refractivity (Wildman–Crippen MR) is 52.8 cm³/mol. The molecule has 0 aliphatic heterocycles. The molecule has 0 aromatic rings. The van der Waals surface area contributed by atoms with E-state index in [9.17, 15) is 13.6 Å². The Morgan fingerprint density at radius 2 is 1.87 bits per heavy atom. The lowest BCUT2D eigenvalue weighted by atomic mass is 9.79. The van der Waals surface area contributed by atoms with Crippen molar-refractivity contribution in [2.75, 3.05) is 6.61 Å². The fourth-order valence-corrected chi connectivity index (χ4v) is 2.00. The van der Waals surface area contributed by atoms with Gasteiger partial charge in [-0.3, -0.25) is 4.79 Å². The molecule has 1 aliphatic carbocycles. The third-order valence-corrected chi connectivity index (χ3v) is 3.20. The van der Waals surface area contributed by atoms with Crippen LogP contribution in [0.15, 0.2) is 0 Å². The molecule has 15 heavy (non-hydrogen) atoms. The number of carbonyl (C=O) groups is 1. The summed E-state index contributed by atoms with van der Waals surface area (Å²) >= 11 is 0. The van der Waals surface area contributed by atoms with E-state index >= 15 is 0 Å². The fraction of sp³-hybridized carbons (Fsp3) is 0.909. The van der Waals surface area contributed by atoms with Gasteiger partial charge in [-0.05, 0) is 26.7 Å². The van der Waals surface area contributed by atoms with Crippen LogP contribution < -0.4 is 0 Å². The summed E-state index contributed by atoms with van der Waals surface area (Å²) in [6.45, 7) is 3.12. The maximum Gasteiger partial charge on any atom is 0.317 e. The molecule has 1 unspecified atom stereocenters. The molecule has 1 atom stereocenters. The van der Waals surface area contributed by atoms with Gasteiger partial charge >= 0.3 is 5.97 Å². The Labute approximate surface area is 89.0 Å². The van der Waals surface area contributed by atoms with Crippen LogP contribution in [-0.2, 0) is 9.53 Å². The number of ether oxygens (including phenoxy) is 1. The summed E-state index contributed by atoms with van der Waals surface area (Å²) in [5.74, 6) is -3.69. The first-order valence-corrected chi connectivity index (χ1v) is 5.49. The van der Waals surface area contributed by atoms with Crippen LogP contribution in [-0.4, -0.2) is 18.5 Å². The average molecular weight is 220 g/mol. The van der Waals surface area contributed by atoms with Gasteiger partial charge in [-0.2, -0.15) is 0 Å². The molecular formula is C11H18F2O2. The molecule has 0 saturated heterocycles. The lowest BCUT2D eigenvalue weighted by molar-refractivity contribution is -0.183. The highest BCUT2D eigenvalue weighted by Crippen LogP contribution is 2.47. The van der Waals surface area contributed by atoms with Gasteiger partial charge in [0.25, 0.3) is 5.92 Å². The molecule has 2 nitrogen and oxygen atoms in total. The molecule has 1 aliphatic rings. The Hall–Kier alpha value is -0.670. The minimum Gasteiger partial charge on any atom is -0.465 e. The van der Waals surface area contributed by atoms with Crippen molar-refractivity contribution < 1.29 is 18.3 Å². The molecule has 4 heteroatoms. The van der Waals surface area contributed by atoms with Crippen molar-refractivity contribution in [2.45, 2.75) is 51.9 Å². The smallest absolute Gasteiger partial charge is 0.317 e. The minimum atomic E-state index is -2.93. The number of esters is 1. The first kappa shape index (κ1) is 12.4. The Bertz CT molecular complexity index is 241. The summed E-state index contributed by atoms with van der Waals surface area (Å²) in [5, 5.41) is 0. The standard InChI is InChI=1S/C11H18F2O2/c1-3-15-9(14)10(2)7-5-4-6-8-11(10,12)13/h3-8H2,1-2H3. The van der Waals surface area contributed by atoms with Crippen molar-refractivity contribution in [1.29, 1.82) is 0 Å². The largest absolute Gasteiger partial charge is 0.465 e. The van der Waals surface area contributed by atoms with Gasteiger partial charge in [0.2, 0.25) is 0 Å². The van der Waals surface area contributed by atoms with Crippen LogP contribution in [0.4, 0.5) is 8.78 Å². The van der Waals surface area contributed by atoms with Gasteiger partial charge in [-0.15, -0.1) is 0 Å². The van der Waals surface area contributed by atoms with Crippen molar-refractivity contribution in [3.05, 3.63) is 0 Å². The number of hydrogen-bond acceptors (Lipinski definition) is 2. The zero-order valence-corrected chi connectivity index (χ0v) is 9.32. The topological polar surface area (TPSA) is 26.3 Å². The summed E-state index contributed by atoms with van der Waals surface area (Å²) in [5.41, 5.74) is -1.63. The van der Waals surface area contributed by atoms with Gasteiger partial charge in [0.1, 0.15) is 5.41 Å². The van der Waals surface area contributed by atoms with Gasteiger partial charge in [0.05, 0.1) is 6.61 Å². The normalized spacial score (nSPS) is 30.7. The number of hydrogen-bond donors (Lipinski definition) is 0. The molecule has 0 amide bonds. The molecule has 0 bridgehead atoms. The van der Waals surface area contributed by atoms with E-state index in [1.807, 2.05) is 0 Å². The molecular weight excluding hydrogens is 202 g/mol. The predicted octanol–water partition coefficient (Wildman–Crippen LogP) is 3.16. The summed E-state index contributed by atoms with van der Waals surface area (Å²) in [4.78, 5) is 11.6. The monoisotopic (exact) mass is 220 g/mol. The van der Waals surface area contributed by atoms with E-state index in [0.717, 1.165) is 6.42 Å². The molecule has 88 valence electrons. The van der Waals surface area contributed by atoms with Crippen molar-refractivity contribution in [3.8, 4) is 0 Å². The van der Waals surface area contributed by atoms with Gasteiger partial charge < -0.3 is 4.74 Å². The maximum absolute atomic E-state index is 13.8. The van der Waals surface area contributed by atoms with Crippen LogP contribution >= 0.6 is 0 Å². The van der Waals surface area contributed by atoms with Crippen molar-refractivity contribution >= 4 is 5.97 Å². The summed E-state index contributed by atoms with van der Waals surface area (Å²) in [6.07, 6.45) is 1.94. The highest BCUT2D eigenvalue weighted by Gasteiger charge is 2.56. The number of carbonyl (C=O) groups excluding carboxylic acids is 1. The summed E-state index contributed by atoms with van der Waals surface area (Å²) in [7, 11) is 0. The summed E-state index contributed by atoms with van der Waals surface area (Å²) in [6, 6.07) is 0. The summed E-state index contributed by atoms with van der Waals surface area (Å²) < 4.78 is 32.3. The highest BCUT2D eigenvalue weighted by molar-refractivity contribution is 5.77. The minimum absolute atomic E-state index is 0.157. The van der Waals surface area contributed by atoms with E-state index in [-0.39, 0.29) is 19.4 Å². The maximum atomic E-state index is 13.8. The van der Waals surface area contributed by atoms with E-state index in [0.29, 0.717) is 12.8 Å². The second kappa shape index (κ2) is 4.45. The van der Waals surface area contributed by atoms with Gasteiger partial charge in [0, 0.05) is 6.42 Å². The Morgan fingerprint density at radius 1 is 1.27 bits per heavy atom. The first-order valence-electron chi connectivity index (χ1n) is 5.49. The van der Waals surface area contributed by atoms with Crippen LogP contribution in [0, 0.1) is 5.41 Å². The zero-order valence-electron chi connectivity index (χ0n) is 9.32. The van der Waals surface area contributed by atoms with Gasteiger partial charge in [-0.1, -0.05) is 12.8 Å². The molecule has 0 spiro atoms. The molecule has 0 heterocycles. The van der Waals surface area contributed by atoms with Crippen molar-refractivity contribution in [2.24, 2.45) is 5.41 Å². The van der Waals surface area contributed by atoms with Gasteiger partial charge in [0.15, 0.2) is 0 Å². The van der Waals surface area contributed by atoms with E-state index in [4.69, 9.17) is 4.74 Å². The lowest BCUT2D eigenvalue weighted by Gasteiger charge is -2.33. The fourth-order valence-electron chi connectivity index (χ4n) is 2.00. The molecule has 1 rings (SSSR count). The van der Waals surface area contributed by atoms with Crippen LogP contribution in [0.25, 0.3) is 0 Å². The second-order valence-corrected chi connectivity index (χ2v) is 4.32. The molecule has 1 saturated carbocycles. The Morgan fingerprint density at radius 3 is 2.47 bits per heavy atom. The van der Waals surface area contributed by atoms with Crippen LogP contribution in [0.1, 0.15) is 46.0 Å². The number of alkyl halides is 2. The zero-order chi connectivity index (χ0) is 11.5.